The predicted octanol–water partition coefficient (Wildman–Crippen LogP) is 5.20. The lowest BCUT2D eigenvalue weighted by Crippen LogP contribution is -2.43. The molecule has 0 aliphatic rings. The molecule has 188 valence electrons. The zero-order valence-corrected chi connectivity index (χ0v) is 21.5. The fraction of sp³-hybridized carbons (Fsp3) is 0.407. The maximum Gasteiger partial charge on any atom is 0.336 e. The third-order valence-corrected chi connectivity index (χ3v) is 7.45. The highest BCUT2D eigenvalue weighted by Crippen LogP contribution is 2.29. The summed E-state index contributed by atoms with van der Waals surface area (Å²) in [6.07, 6.45) is 4.41. The second kappa shape index (κ2) is 11.6. The second-order valence-corrected chi connectivity index (χ2v) is 10.5. The molecule has 0 bridgehead atoms. The number of esters is 1. The molecule has 0 spiro atoms. The molecule has 1 N–H and O–H groups in total. The molecule has 0 unspecified atom stereocenters. The number of nitrogens with one attached hydrogen (secondary N) is 1. The van der Waals surface area contributed by atoms with Gasteiger partial charge in [0.1, 0.15) is 17.4 Å². The number of fused-ring (bicyclic) bond motifs is 1. The lowest BCUT2D eigenvalue weighted by Gasteiger charge is -2.18. The third-order valence-electron chi connectivity index (χ3n) is 5.97. The first-order chi connectivity index (χ1) is 16.7. The minimum absolute atomic E-state index is 0.0840. The molecule has 0 aliphatic carbocycles. The van der Waals surface area contributed by atoms with Crippen molar-refractivity contribution in [2.45, 2.75) is 77.2 Å². The Morgan fingerprint density at radius 2 is 1.71 bits per heavy atom. The fourth-order valence-corrected chi connectivity index (χ4v) is 5.10. The van der Waals surface area contributed by atoms with Gasteiger partial charge in [0, 0.05) is 17.0 Å². The van der Waals surface area contributed by atoms with E-state index in [9.17, 15) is 18.0 Å². The molecule has 7 nitrogen and oxygen atoms in total. The molecule has 0 saturated carbocycles. The van der Waals surface area contributed by atoms with Crippen LogP contribution in [-0.4, -0.2) is 20.4 Å². The summed E-state index contributed by atoms with van der Waals surface area (Å²) in [5, 5.41) is 0.804. The highest BCUT2D eigenvalue weighted by molar-refractivity contribution is 7.89. The molecular weight excluding hydrogens is 466 g/mol. The Bertz CT molecular complexity index is 1340. The summed E-state index contributed by atoms with van der Waals surface area (Å²) in [4.78, 5) is 25.3. The van der Waals surface area contributed by atoms with Crippen molar-refractivity contribution >= 4 is 27.0 Å². The Balaban J connectivity index is 1.89. The number of hydrogen-bond acceptors (Lipinski definition) is 6. The topological polar surface area (TPSA) is 103 Å². The number of carbonyl (C=O) groups is 1. The Morgan fingerprint density at radius 3 is 2.37 bits per heavy atom. The molecule has 3 rings (SSSR count). The van der Waals surface area contributed by atoms with E-state index in [1.165, 1.54) is 18.2 Å². The molecule has 3 aromatic rings. The molecule has 0 fully saturated rings. The SMILES string of the molecule is CCCCc1cc(=O)oc2c(C)c(OC(=O)[C@H](CCCC)NS(=O)(=O)c3ccc(C)cc3)ccc12. The number of hydrogen-bond donors (Lipinski definition) is 1. The largest absolute Gasteiger partial charge is 0.425 e. The van der Waals surface area contributed by atoms with Gasteiger partial charge in [-0.05, 0) is 62.9 Å². The normalized spacial score (nSPS) is 12.6. The molecule has 35 heavy (non-hydrogen) atoms. The summed E-state index contributed by atoms with van der Waals surface area (Å²) in [5.41, 5.74) is 2.26. The molecule has 0 amide bonds. The van der Waals surface area contributed by atoms with Crippen LogP contribution in [0.3, 0.4) is 0 Å². The van der Waals surface area contributed by atoms with E-state index in [-0.39, 0.29) is 10.6 Å². The summed E-state index contributed by atoms with van der Waals surface area (Å²) >= 11 is 0. The maximum atomic E-state index is 13.1. The number of carbonyl (C=O) groups excluding carboxylic acids is 1. The van der Waals surface area contributed by atoms with Crippen molar-refractivity contribution in [3.63, 3.8) is 0 Å². The first kappa shape index (κ1) is 26.6. The Labute approximate surface area is 206 Å². The summed E-state index contributed by atoms with van der Waals surface area (Å²) < 4.78 is 39.4. The van der Waals surface area contributed by atoms with Gasteiger partial charge in [0.2, 0.25) is 10.0 Å². The third kappa shape index (κ3) is 6.58. The lowest BCUT2D eigenvalue weighted by atomic mass is 10.0. The van der Waals surface area contributed by atoms with Crippen molar-refractivity contribution in [3.8, 4) is 5.75 Å². The van der Waals surface area contributed by atoms with Gasteiger partial charge in [0.15, 0.2) is 0 Å². The van der Waals surface area contributed by atoms with Crippen molar-refractivity contribution in [2.24, 2.45) is 0 Å². The van der Waals surface area contributed by atoms with Crippen LogP contribution in [-0.2, 0) is 21.2 Å². The first-order valence-electron chi connectivity index (χ1n) is 12.0. The lowest BCUT2D eigenvalue weighted by molar-refractivity contribution is -0.136. The zero-order valence-electron chi connectivity index (χ0n) is 20.7. The Hall–Kier alpha value is -2.97. The van der Waals surface area contributed by atoms with Crippen LogP contribution in [0.25, 0.3) is 11.0 Å². The van der Waals surface area contributed by atoms with E-state index >= 15 is 0 Å². The fourth-order valence-electron chi connectivity index (χ4n) is 3.88. The average Bonchev–Trinajstić information content (AvgIpc) is 2.82. The van der Waals surface area contributed by atoms with Crippen LogP contribution in [0.1, 0.15) is 62.6 Å². The Kier molecular flexibility index (Phi) is 8.86. The van der Waals surface area contributed by atoms with Gasteiger partial charge in [-0.2, -0.15) is 4.72 Å². The van der Waals surface area contributed by atoms with E-state index in [1.54, 1.807) is 31.2 Å². The molecule has 0 radical (unpaired) electrons. The molecule has 1 heterocycles. The van der Waals surface area contributed by atoms with Gasteiger partial charge in [-0.15, -0.1) is 0 Å². The number of ether oxygens (including phenoxy) is 1. The van der Waals surface area contributed by atoms with E-state index < -0.39 is 27.7 Å². The second-order valence-electron chi connectivity index (χ2n) is 8.81. The van der Waals surface area contributed by atoms with E-state index in [1.807, 2.05) is 13.8 Å². The van der Waals surface area contributed by atoms with Crippen LogP contribution in [0.4, 0.5) is 0 Å². The molecule has 1 aromatic heterocycles. The number of sulfonamides is 1. The van der Waals surface area contributed by atoms with E-state index in [0.29, 0.717) is 24.0 Å². The standard InChI is InChI=1S/C27H33NO6S/c1-5-7-9-20-17-25(29)34-26-19(4)24(16-15-22(20)26)33-27(30)23(10-8-6-2)28-35(31,32)21-13-11-18(3)12-14-21/h11-17,23,28H,5-10H2,1-4H3/t23-/m0/s1. The molecule has 1 atom stereocenters. The number of rotatable bonds is 11. The summed E-state index contributed by atoms with van der Waals surface area (Å²) in [7, 11) is -3.92. The van der Waals surface area contributed by atoms with Gasteiger partial charge in [-0.1, -0.05) is 50.8 Å². The predicted molar refractivity (Wildman–Crippen MR) is 136 cm³/mol. The number of aryl methyl sites for hydroxylation is 3. The van der Waals surface area contributed by atoms with Gasteiger partial charge in [0.25, 0.3) is 0 Å². The minimum atomic E-state index is -3.92. The summed E-state index contributed by atoms with van der Waals surface area (Å²) in [6.45, 7) is 7.63. The monoisotopic (exact) mass is 499 g/mol. The van der Waals surface area contributed by atoms with Gasteiger partial charge in [0.05, 0.1) is 4.90 Å². The van der Waals surface area contributed by atoms with E-state index in [4.69, 9.17) is 9.15 Å². The smallest absolute Gasteiger partial charge is 0.336 e. The average molecular weight is 500 g/mol. The summed E-state index contributed by atoms with van der Waals surface area (Å²) in [5.74, 6) is -0.476. The van der Waals surface area contributed by atoms with Crippen molar-refractivity contribution in [1.29, 1.82) is 0 Å². The van der Waals surface area contributed by atoms with Crippen molar-refractivity contribution in [3.05, 3.63) is 69.6 Å². The molecule has 0 saturated heterocycles. The van der Waals surface area contributed by atoms with Gasteiger partial charge in [-0.3, -0.25) is 0 Å². The molecule has 8 heteroatoms. The van der Waals surface area contributed by atoms with Gasteiger partial charge in [-0.25, -0.2) is 18.0 Å². The highest BCUT2D eigenvalue weighted by atomic mass is 32.2. The zero-order chi connectivity index (χ0) is 25.6. The Morgan fingerprint density at radius 1 is 1.03 bits per heavy atom. The van der Waals surface area contributed by atoms with Crippen LogP contribution in [0.15, 0.2) is 56.6 Å². The van der Waals surface area contributed by atoms with Crippen LogP contribution in [0.5, 0.6) is 5.75 Å². The molecule has 0 aliphatic heterocycles. The quantitative estimate of drug-likeness (QED) is 0.221. The van der Waals surface area contributed by atoms with Crippen molar-refractivity contribution in [2.75, 3.05) is 0 Å². The van der Waals surface area contributed by atoms with Gasteiger partial charge >= 0.3 is 11.6 Å². The molecular formula is C27H33NO6S. The first-order valence-corrected chi connectivity index (χ1v) is 13.5. The van der Waals surface area contributed by atoms with E-state index in [0.717, 1.165) is 42.2 Å². The van der Waals surface area contributed by atoms with Crippen LogP contribution < -0.4 is 15.1 Å². The number of benzene rings is 2. The van der Waals surface area contributed by atoms with E-state index in [2.05, 4.69) is 11.6 Å². The van der Waals surface area contributed by atoms with Crippen LogP contribution >= 0.6 is 0 Å². The molecule has 2 aromatic carbocycles. The minimum Gasteiger partial charge on any atom is -0.425 e. The highest BCUT2D eigenvalue weighted by Gasteiger charge is 2.28. The van der Waals surface area contributed by atoms with Gasteiger partial charge < -0.3 is 9.15 Å². The van der Waals surface area contributed by atoms with Crippen molar-refractivity contribution in [1.82, 2.24) is 4.72 Å². The van der Waals surface area contributed by atoms with Crippen LogP contribution in [0, 0.1) is 13.8 Å². The number of unbranched alkanes of at least 4 members (excludes halogenated alkanes) is 2. The maximum absolute atomic E-state index is 13.1. The van der Waals surface area contributed by atoms with Crippen molar-refractivity contribution < 1.29 is 22.4 Å². The summed E-state index contributed by atoms with van der Waals surface area (Å²) in [6, 6.07) is 10.3. The van der Waals surface area contributed by atoms with Crippen LogP contribution in [0.2, 0.25) is 0 Å².